The SMILES string of the molecule is Cc1c(Oc2ccc(C#N)cc2F)ccc(C=O)c1OS(=O)(=O)C(F)(F)F. The second-order valence-corrected chi connectivity index (χ2v) is 6.60. The zero-order valence-corrected chi connectivity index (χ0v) is 14.2. The van der Waals surface area contributed by atoms with E-state index in [1.807, 2.05) is 0 Å². The predicted molar refractivity (Wildman–Crippen MR) is 83.4 cm³/mol. The Hall–Kier alpha value is -3.13. The number of nitriles is 1. The fourth-order valence-electron chi connectivity index (χ4n) is 1.94. The number of aldehydes is 1. The minimum absolute atomic E-state index is 0.00756. The van der Waals surface area contributed by atoms with E-state index in [4.69, 9.17) is 10.00 Å². The van der Waals surface area contributed by atoms with Crippen molar-refractivity contribution in [3.8, 4) is 23.3 Å². The van der Waals surface area contributed by atoms with Crippen LogP contribution in [0.15, 0.2) is 30.3 Å². The fraction of sp³-hybridized carbons (Fsp3) is 0.125. The van der Waals surface area contributed by atoms with E-state index in [2.05, 4.69) is 4.18 Å². The molecule has 0 radical (unpaired) electrons. The monoisotopic (exact) mass is 403 g/mol. The number of alkyl halides is 3. The fourth-order valence-corrected chi connectivity index (χ4v) is 2.47. The van der Waals surface area contributed by atoms with Gasteiger partial charge in [0.25, 0.3) is 0 Å². The Morgan fingerprint density at radius 3 is 2.30 bits per heavy atom. The first-order chi connectivity index (χ1) is 12.5. The Bertz CT molecular complexity index is 1040. The van der Waals surface area contributed by atoms with Gasteiger partial charge in [0.2, 0.25) is 0 Å². The quantitative estimate of drug-likeness (QED) is 0.326. The standard InChI is InChI=1S/C16H9F4NO5S/c1-9-13(25-14-4-2-10(7-21)6-12(14)17)5-3-11(8-22)15(9)26-27(23,24)16(18,19)20/h2-6,8H,1H3. The minimum Gasteiger partial charge on any atom is -0.454 e. The van der Waals surface area contributed by atoms with Crippen molar-refractivity contribution in [1.82, 2.24) is 0 Å². The van der Waals surface area contributed by atoms with E-state index in [1.165, 1.54) is 6.07 Å². The van der Waals surface area contributed by atoms with Crippen LogP contribution in [0.3, 0.4) is 0 Å². The molecule has 0 N–H and O–H groups in total. The van der Waals surface area contributed by atoms with Crippen LogP contribution in [0.4, 0.5) is 17.6 Å². The Kier molecular flexibility index (Phi) is 5.41. The molecule has 0 atom stereocenters. The Morgan fingerprint density at radius 1 is 1.15 bits per heavy atom. The number of hydrogen-bond acceptors (Lipinski definition) is 6. The molecule has 0 bridgehead atoms. The number of ether oxygens (including phenoxy) is 1. The largest absolute Gasteiger partial charge is 0.534 e. The molecule has 2 aromatic carbocycles. The number of benzene rings is 2. The summed E-state index contributed by atoms with van der Waals surface area (Å²) >= 11 is 0. The van der Waals surface area contributed by atoms with Crippen LogP contribution < -0.4 is 8.92 Å². The van der Waals surface area contributed by atoms with Gasteiger partial charge in [0.1, 0.15) is 5.75 Å². The van der Waals surface area contributed by atoms with E-state index >= 15 is 0 Å². The zero-order chi connectivity index (χ0) is 20.4. The molecule has 27 heavy (non-hydrogen) atoms. The van der Waals surface area contributed by atoms with Crippen LogP contribution in [0.5, 0.6) is 17.2 Å². The van der Waals surface area contributed by atoms with Crippen LogP contribution in [-0.2, 0) is 10.1 Å². The summed E-state index contributed by atoms with van der Waals surface area (Å²) in [6, 6.07) is 7.00. The highest BCUT2D eigenvalue weighted by Crippen LogP contribution is 2.37. The highest BCUT2D eigenvalue weighted by Gasteiger charge is 2.49. The van der Waals surface area contributed by atoms with Gasteiger partial charge in [-0.2, -0.15) is 26.9 Å². The lowest BCUT2D eigenvalue weighted by molar-refractivity contribution is -0.0500. The van der Waals surface area contributed by atoms with Crippen LogP contribution in [0.2, 0.25) is 0 Å². The molecule has 0 aliphatic rings. The lowest BCUT2D eigenvalue weighted by Gasteiger charge is -2.16. The number of carbonyl (C=O) groups excluding carboxylic acids is 1. The second kappa shape index (κ2) is 7.24. The van der Waals surface area contributed by atoms with Crippen molar-refractivity contribution in [2.24, 2.45) is 0 Å². The molecule has 0 heterocycles. The van der Waals surface area contributed by atoms with Crippen LogP contribution in [0, 0.1) is 24.1 Å². The molecule has 0 spiro atoms. The van der Waals surface area contributed by atoms with E-state index in [9.17, 15) is 30.8 Å². The smallest absolute Gasteiger partial charge is 0.454 e. The van der Waals surface area contributed by atoms with Crippen molar-refractivity contribution in [2.45, 2.75) is 12.4 Å². The molecule has 0 saturated carbocycles. The molecule has 0 unspecified atom stereocenters. The van der Waals surface area contributed by atoms with Crippen molar-refractivity contribution in [1.29, 1.82) is 5.26 Å². The van der Waals surface area contributed by atoms with E-state index < -0.39 is 32.8 Å². The maximum Gasteiger partial charge on any atom is 0.534 e. The van der Waals surface area contributed by atoms with Gasteiger partial charge in [-0.15, -0.1) is 0 Å². The van der Waals surface area contributed by atoms with Gasteiger partial charge in [0, 0.05) is 5.56 Å². The predicted octanol–water partition coefficient (Wildman–Crippen LogP) is 3.84. The lowest BCUT2D eigenvalue weighted by Crippen LogP contribution is -2.28. The van der Waals surface area contributed by atoms with Gasteiger partial charge in [-0.25, -0.2) is 4.39 Å². The summed E-state index contributed by atoms with van der Waals surface area (Å²) in [6.07, 6.45) is 0.0975. The molecule has 0 fully saturated rings. The number of carbonyl (C=O) groups is 1. The van der Waals surface area contributed by atoms with Gasteiger partial charge in [-0.1, -0.05) is 0 Å². The molecule has 0 aromatic heterocycles. The first-order valence-electron chi connectivity index (χ1n) is 6.97. The molecule has 2 aromatic rings. The topological polar surface area (TPSA) is 93.5 Å². The molecule has 2 rings (SSSR count). The summed E-state index contributed by atoms with van der Waals surface area (Å²) in [4.78, 5) is 11.0. The summed E-state index contributed by atoms with van der Waals surface area (Å²) in [5.74, 6) is -2.45. The summed E-state index contributed by atoms with van der Waals surface area (Å²) in [6.45, 7) is 1.13. The number of hydrogen-bond donors (Lipinski definition) is 0. The minimum atomic E-state index is -6.04. The van der Waals surface area contributed by atoms with Gasteiger partial charge in [0.15, 0.2) is 23.6 Å². The number of nitrogens with zero attached hydrogens (tertiary/aromatic N) is 1. The summed E-state index contributed by atoms with van der Waals surface area (Å²) in [7, 11) is -6.04. The highest BCUT2D eigenvalue weighted by atomic mass is 32.2. The van der Waals surface area contributed by atoms with Crippen molar-refractivity contribution >= 4 is 16.4 Å². The lowest BCUT2D eigenvalue weighted by atomic mass is 10.1. The first-order valence-corrected chi connectivity index (χ1v) is 8.38. The van der Waals surface area contributed by atoms with E-state index in [-0.39, 0.29) is 28.9 Å². The Morgan fingerprint density at radius 2 is 1.78 bits per heavy atom. The van der Waals surface area contributed by atoms with Crippen molar-refractivity contribution in [3.05, 3.63) is 52.8 Å². The van der Waals surface area contributed by atoms with Crippen molar-refractivity contribution in [2.75, 3.05) is 0 Å². The van der Waals surface area contributed by atoms with Crippen LogP contribution in [0.1, 0.15) is 21.5 Å². The van der Waals surface area contributed by atoms with Crippen LogP contribution in [-0.4, -0.2) is 20.2 Å². The average molecular weight is 403 g/mol. The highest BCUT2D eigenvalue weighted by molar-refractivity contribution is 7.88. The molecule has 6 nitrogen and oxygen atoms in total. The molecule has 11 heteroatoms. The van der Waals surface area contributed by atoms with Crippen LogP contribution >= 0.6 is 0 Å². The summed E-state index contributed by atoms with van der Waals surface area (Å²) in [5, 5.41) is 8.70. The molecular weight excluding hydrogens is 394 g/mol. The second-order valence-electron chi connectivity index (χ2n) is 5.07. The normalized spacial score (nSPS) is 11.6. The number of halogens is 4. The molecule has 0 aliphatic carbocycles. The first kappa shape index (κ1) is 20.2. The summed E-state index contributed by atoms with van der Waals surface area (Å²) in [5.41, 5.74) is -6.47. The maximum absolute atomic E-state index is 13.9. The van der Waals surface area contributed by atoms with Gasteiger partial charge in [0.05, 0.1) is 17.2 Å². The molecule has 0 aliphatic heterocycles. The number of rotatable bonds is 5. The maximum atomic E-state index is 13.9. The average Bonchev–Trinajstić information content (AvgIpc) is 2.58. The zero-order valence-electron chi connectivity index (χ0n) is 13.4. The van der Waals surface area contributed by atoms with E-state index in [0.29, 0.717) is 0 Å². The third kappa shape index (κ3) is 4.17. The van der Waals surface area contributed by atoms with Gasteiger partial charge in [-0.05, 0) is 37.3 Å². The molecule has 0 saturated heterocycles. The van der Waals surface area contributed by atoms with Crippen molar-refractivity contribution < 1.29 is 39.7 Å². The molecule has 142 valence electrons. The van der Waals surface area contributed by atoms with Crippen LogP contribution in [0.25, 0.3) is 0 Å². The van der Waals surface area contributed by atoms with Gasteiger partial charge >= 0.3 is 15.6 Å². The van der Waals surface area contributed by atoms with Crippen molar-refractivity contribution in [3.63, 3.8) is 0 Å². The van der Waals surface area contributed by atoms with E-state index in [0.717, 1.165) is 31.2 Å². The summed E-state index contributed by atoms with van der Waals surface area (Å²) < 4.78 is 83.3. The third-order valence-corrected chi connectivity index (χ3v) is 4.22. The third-order valence-electron chi connectivity index (χ3n) is 3.27. The van der Waals surface area contributed by atoms with Gasteiger partial charge < -0.3 is 8.92 Å². The molecule has 0 amide bonds. The Balaban J connectivity index is 2.49. The Labute approximate surface area is 150 Å². The van der Waals surface area contributed by atoms with Gasteiger partial charge in [-0.3, -0.25) is 4.79 Å². The van der Waals surface area contributed by atoms with E-state index in [1.54, 1.807) is 6.07 Å². The molecular formula is C16H9F4NO5S.